The number of halogens is 1. The van der Waals surface area contributed by atoms with Gasteiger partial charge >= 0.3 is 6.09 Å². The number of rotatable bonds is 7. The monoisotopic (exact) mass is 496 g/mol. The maximum absolute atomic E-state index is 13.3. The fraction of sp³-hybridized carbons (Fsp3) is 0.280. The van der Waals surface area contributed by atoms with Crippen molar-refractivity contribution in [2.24, 2.45) is 0 Å². The van der Waals surface area contributed by atoms with Gasteiger partial charge in [0.25, 0.3) is 11.8 Å². The molecule has 35 heavy (non-hydrogen) atoms. The molecule has 2 aromatic carbocycles. The summed E-state index contributed by atoms with van der Waals surface area (Å²) >= 11 is 5.82. The summed E-state index contributed by atoms with van der Waals surface area (Å²) in [6.45, 7) is 2.12. The van der Waals surface area contributed by atoms with Gasteiger partial charge in [-0.1, -0.05) is 42.5 Å². The summed E-state index contributed by atoms with van der Waals surface area (Å²) < 4.78 is 11.7. The molecule has 1 N–H and O–H groups in total. The summed E-state index contributed by atoms with van der Waals surface area (Å²) in [6, 6.07) is 16.0. The molecule has 0 radical (unpaired) electrons. The van der Waals surface area contributed by atoms with Crippen molar-refractivity contribution in [2.75, 3.05) is 19.0 Å². The van der Waals surface area contributed by atoms with E-state index in [0.717, 1.165) is 15.8 Å². The number of nitrogens with one attached hydrogen (secondary N) is 1. The molecule has 0 saturated heterocycles. The lowest BCUT2D eigenvalue weighted by Gasteiger charge is -2.23. The molecular weight excluding hydrogens is 472 g/mol. The third-order valence-corrected chi connectivity index (χ3v) is 6.01. The first kappa shape index (κ1) is 24.4. The maximum Gasteiger partial charge on any atom is 0.435 e. The van der Waals surface area contributed by atoms with Crippen LogP contribution in [0.5, 0.6) is 0 Å². The van der Waals surface area contributed by atoms with Crippen LogP contribution in [0.15, 0.2) is 54.6 Å². The van der Waals surface area contributed by atoms with Gasteiger partial charge in [0.15, 0.2) is 11.9 Å². The van der Waals surface area contributed by atoms with Crippen LogP contribution in [-0.4, -0.2) is 46.3 Å². The zero-order valence-corrected chi connectivity index (χ0v) is 20.1. The van der Waals surface area contributed by atoms with E-state index in [4.69, 9.17) is 21.1 Å². The van der Waals surface area contributed by atoms with Gasteiger partial charge < -0.3 is 19.7 Å². The van der Waals surface area contributed by atoms with Crippen molar-refractivity contribution in [3.63, 3.8) is 0 Å². The number of hydrogen-bond donors (Lipinski definition) is 1. The number of nitrogens with zero attached hydrogens (tertiary/aromatic N) is 3. The van der Waals surface area contributed by atoms with Gasteiger partial charge in [0.1, 0.15) is 0 Å². The number of aromatic nitrogens is 2. The average molecular weight is 497 g/mol. The van der Waals surface area contributed by atoms with E-state index in [-0.39, 0.29) is 31.4 Å². The van der Waals surface area contributed by atoms with E-state index in [1.54, 1.807) is 36.1 Å². The Balaban J connectivity index is 1.61. The molecule has 1 aromatic heterocycles. The van der Waals surface area contributed by atoms with Gasteiger partial charge in [0, 0.05) is 24.1 Å². The van der Waals surface area contributed by atoms with E-state index in [2.05, 4.69) is 10.4 Å². The summed E-state index contributed by atoms with van der Waals surface area (Å²) in [7, 11) is 1.47. The van der Waals surface area contributed by atoms with Crippen LogP contribution in [0.3, 0.4) is 0 Å². The number of amides is 2. The molecule has 0 bridgehead atoms. The van der Waals surface area contributed by atoms with Crippen molar-refractivity contribution in [1.29, 1.82) is 0 Å². The number of benzene rings is 2. The number of anilines is 1. The molecule has 10 heteroatoms. The van der Waals surface area contributed by atoms with Gasteiger partial charge in [-0.2, -0.15) is 4.68 Å². The Bertz CT molecular complexity index is 1230. The third kappa shape index (κ3) is 5.06. The van der Waals surface area contributed by atoms with Crippen LogP contribution in [0.25, 0.3) is 0 Å². The Kier molecular flexibility index (Phi) is 7.48. The molecule has 0 fully saturated rings. The van der Waals surface area contributed by atoms with Gasteiger partial charge in [0.2, 0.25) is 0 Å². The SMILES string of the molecule is CCOC(=O)n1nc(NC(=O)c2ccc(CCl)cc2)c2c1CN(C(=O)[C@@H](OC)c1ccccc1)C2. The van der Waals surface area contributed by atoms with Crippen molar-refractivity contribution in [3.05, 3.63) is 82.5 Å². The number of fused-ring (bicyclic) bond motifs is 1. The third-order valence-electron chi connectivity index (χ3n) is 5.70. The van der Waals surface area contributed by atoms with E-state index in [9.17, 15) is 14.4 Å². The van der Waals surface area contributed by atoms with Gasteiger partial charge in [-0.15, -0.1) is 16.7 Å². The first-order valence-electron chi connectivity index (χ1n) is 11.1. The van der Waals surface area contributed by atoms with E-state index in [0.29, 0.717) is 22.7 Å². The highest BCUT2D eigenvalue weighted by Gasteiger charge is 2.36. The predicted octanol–water partition coefficient (Wildman–Crippen LogP) is 4.11. The van der Waals surface area contributed by atoms with Crippen molar-refractivity contribution in [3.8, 4) is 0 Å². The van der Waals surface area contributed by atoms with Crippen LogP contribution in [0.1, 0.15) is 45.8 Å². The van der Waals surface area contributed by atoms with Crippen LogP contribution in [0.4, 0.5) is 10.6 Å². The molecule has 182 valence electrons. The standard InChI is InChI=1S/C25H25ClN4O5/c1-3-35-25(33)30-20-15-29(24(32)21(34-2)17-7-5-4-6-8-17)14-19(20)22(28-30)27-23(31)18-11-9-16(13-26)10-12-18/h4-12,21H,3,13-15H2,1-2H3,(H,27,28,31)/t21-/m0/s1. The molecular formula is C25H25ClN4O5. The lowest BCUT2D eigenvalue weighted by Crippen LogP contribution is -2.33. The first-order valence-corrected chi connectivity index (χ1v) is 11.6. The van der Waals surface area contributed by atoms with E-state index in [1.807, 2.05) is 30.3 Å². The fourth-order valence-corrected chi connectivity index (χ4v) is 4.11. The topological polar surface area (TPSA) is 103 Å². The zero-order chi connectivity index (χ0) is 24.9. The molecule has 3 aromatic rings. The summed E-state index contributed by atoms with van der Waals surface area (Å²) in [4.78, 5) is 40.3. The minimum atomic E-state index is -0.803. The van der Waals surface area contributed by atoms with Crippen LogP contribution in [0.2, 0.25) is 0 Å². The highest BCUT2D eigenvalue weighted by Crippen LogP contribution is 2.32. The van der Waals surface area contributed by atoms with Crippen molar-refractivity contribution in [2.45, 2.75) is 32.0 Å². The predicted molar refractivity (Wildman–Crippen MR) is 129 cm³/mol. The molecule has 0 spiro atoms. The molecule has 4 rings (SSSR count). The normalized spacial score (nSPS) is 13.3. The van der Waals surface area contributed by atoms with Crippen LogP contribution in [0, 0.1) is 0 Å². The zero-order valence-electron chi connectivity index (χ0n) is 19.4. The molecule has 1 aliphatic rings. The average Bonchev–Trinajstić information content (AvgIpc) is 3.46. The van der Waals surface area contributed by atoms with Crippen LogP contribution < -0.4 is 5.32 Å². The van der Waals surface area contributed by atoms with E-state index < -0.39 is 18.1 Å². The summed E-state index contributed by atoms with van der Waals surface area (Å²) in [6.07, 6.45) is -1.49. The maximum atomic E-state index is 13.3. The van der Waals surface area contributed by atoms with Crippen molar-refractivity contribution < 1.29 is 23.9 Å². The van der Waals surface area contributed by atoms with Crippen LogP contribution >= 0.6 is 11.6 Å². The van der Waals surface area contributed by atoms with Gasteiger partial charge in [-0.05, 0) is 30.2 Å². The highest BCUT2D eigenvalue weighted by molar-refractivity contribution is 6.17. The molecule has 0 saturated carbocycles. The Morgan fingerprint density at radius 2 is 1.80 bits per heavy atom. The number of carbonyl (C=O) groups is 3. The van der Waals surface area contributed by atoms with Gasteiger partial charge in [-0.25, -0.2) is 4.79 Å². The highest BCUT2D eigenvalue weighted by atomic mass is 35.5. The van der Waals surface area contributed by atoms with E-state index in [1.165, 1.54) is 7.11 Å². The largest absolute Gasteiger partial charge is 0.448 e. The quantitative estimate of drug-likeness (QED) is 0.494. The summed E-state index contributed by atoms with van der Waals surface area (Å²) in [5.41, 5.74) is 3.06. The second-order valence-electron chi connectivity index (χ2n) is 7.89. The number of methoxy groups -OCH3 is 1. The molecule has 1 aliphatic heterocycles. The molecule has 2 heterocycles. The minimum absolute atomic E-state index is 0.118. The van der Waals surface area contributed by atoms with Gasteiger partial charge in [0.05, 0.1) is 25.4 Å². The minimum Gasteiger partial charge on any atom is -0.448 e. The van der Waals surface area contributed by atoms with Gasteiger partial charge in [-0.3, -0.25) is 9.59 Å². The lowest BCUT2D eigenvalue weighted by molar-refractivity contribution is -0.143. The Labute approximate surface area is 207 Å². The summed E-state index contributed by atoms with van der Waals surface area (Å²) in [5, 5.41) is 7.05. The number of carbonyl (C=O) groups excluding carboxylic acids is 3. The first-order chi connectivity index (χ1) is 17.0. The Morgan fingerprint density at radius 3 is 2.43 bits per heavy atom. The van der Waals surface area contributed by atoms with Crippen LogP contribution in [-0.2, 0) is 33.2 Å². The smallest absolute Gasteiger partial charge is 0.435 e. The number of alkyl halides is 1. The molecule has 9 nitrogen and oxygen atoms in total. The molecule has 0 aliphatic carbocycles. The molecule has 2 amide bonds. The Hall–Kier alpha value is -3.69. The lowest BCUT2D eigenvalue weighted by atomic mass is 10.1. The number of hydrogen-bond acceptors (Lipinski definition) is 6. The molecule has 0 unspecified atom stereocenters. The fourth-order valence-electron chi connectivity index (χ4n) is 3.93. The Morgan fingerprint density at radius 1 is 1.09 bits per heavy atom. The van der Waals surface area contributed by atoms with Crippen molar-refractivity contribution in [1.82, 2.24) is 14.7 Å². The number of ether oxygens (including phenoxy) is 2. The van der Waals surface area contributed by atoms with Crippen molar-refractivity contribution >= 4 is 35.3 Å². The summed E-state index contributed by atoms with van der Waals surface area (Å²) in [5.74, 6) is -0.122. The second kappa shape index (κ2) is 10.7. The molecule has 1 atom stereocenters. The van der Waals surface area contributed by atoms with E-state index >= 15 is 0 Å². The second-order valence-corrected chi connectivity index (χ2v) is 8.16.